The van der Waals surface area contributed by atoms with Crippen LogP contribution in [-0.4, -0.2) is 22.5 Å². The summed E-state index contributed by atoms with van der Waals surface area (Å²) in [7, 11) is 0. The Hall–Kier alpha value is -2.76. The standard InChI is InChI=1S/C14H12O6/c1-7-6-9-4-3-5-10(19-13(15)16)11(9)12(8(7)2)20-14(17)18/h3-6H,1-2H3,(H,15,16)(H,17,18). The first-order valence-electron chi connectivity index (χ1n) is 5.74. The lowest BCUT2D eigenvalue weighted by atomic mass is 10.0. The normalized spacial score (nSPS) is 10.3. The lowest BCUT2D eigenvalue weighted by Crippen LogP contribution is -2.08. The summed E-state index contributed by atoms with van der Waals surface area (Å²) < 4.78 is 9.49. The van der Waals surface area contributed by atoms with Crippen LogP contribution in [0.2, 0.25) is 0 Å². The van der Waals surface area contributed by atoms with E-state index in [9.17, 15) is 9.59 Å². The Kier molecular flexibility index (Phi) is 3.47. The maximum Gasteiger partial charge on any atom is 0.511 e. The SMILES string of the molecule is Cc1cc2cccc(OC(=O)O)c2c(OC(=O)O)c1C. The van der Waals surface area contributed by atoms with E-state index >= 15 is 0 Å². The molecule has 0 bridgehead atoms. The second-order valence-corrected chi connectivity index (χ2v) is 4.24. The van der Waals surface area contributed by atoms with Gasteiger partial charge in [0, 0.05) is 0 Å². The van der Waals surface area contributed by atoms with E-state index in [-0.39, 0.29) is 11.5 Å². The fraction of sp³-hybridized carbons (Fsp3) is 0.143. The van der Waals surface area contributed by atoms with Crippen LogP contribution in [0.1, 0.15) is 11.1 Å². The average Bonchev–Trinajstić information content (AvgIpc) is 2.33. The molecule has 2 rings (SSSR count). The number of ether oxygens (including phenoxy) is 2. The number of carbonyl (C=O) groups is 2. The number of hydrogen-bond donors (Lipinski definition) is 2. The van der Waals surface area contributed by atoms with Gasteiger partial charge in [-0.1, -0.05) is 18.2 Å². The molecule has 0 unspecified atom stereocenters. The molecule has 0 fully saturated rings. The van der Waals surface area contributed by atoms with Gasteiger partial charge in [-0.05, 0) is 36.4 Å². The molecule has 0 heterocycles. The third-order valence-electron chi connectivity index (χ3n) is 2.98. The molecule has 0 aliphatic carbocycles. The number of hydrogen-bond acceptors (Lipinski definition) is 4. The predicted octanol–water partition coefficient (Wildman–Crippen LogP) is 3.57. The quantitative estimate of drug-likeness (QED) is 0.643. The molecule has 2 aromatic carbocycles. The van der Waals surface area contributed by atoms with Gasteiger partial charge in [-0.15, -0.1) is 0 Å². The predicted molar refractivity (Wildman–Crippen MR) is 70.7 cm³/mol. The summed E-state index contributed by atoms with van der Waals surface area (Å²) in [5, 5.41) is 18.5. The Balaban J connectivity index is 2.79. The maximum atomic E-state index is 10.8. The molecule has 0 saturated heterocycles. The zero-order chi connectivity index (χ0) is 14.9. The molecule has 20 heavy (non-hydrogen) atoms. The first-order valence-corrected chi connectivity index (χ1v) is 5.74. The van der Waals surface area contributed by atoms with Gasteiger partial charge in [-0.2, -0.15) is 0 Å². The molecule has 6 nitrogen and oxygen atoms in total. The first kappa shape index (κ1) is 13.7. The van der Waals surface area contributed by atoms with Gasteiger partial charge in [0.2, 0.25) is 0 Å². The highest BCUT2D eigenvalue weighted by atomic mass is 16.7. The molecule has 6 heteroatoms. The van der Waals surface area contributed by atoms with E-state index in [0.717, 1.165) is 5.56 Å². The van der Waals surface area contributed by atoms with Crippen LogP contribution in [0.15, 0.2) is 24.3 Å². The largest absolute Gasteiger partial charge is 0.511 e. The third kappa shape index (κ3) is 2.49. The van der Waals surface area contributed by atoms with E-state index in [0.29, 0.717) is 16.3 Å². The molecule has 0 amide bonds. The van der Waals surface area contributed by atoms with E-state index in [2.05, 4.69) is 4.74 Å². The summed E-state index contributed by atoms with van der Waals surface area (Å²) in [5.74, 6) is 0.124. The van der Waals surface area contributed by atoms with Crippen LogP contribution < -0.4 is 9.47 Å². The molecule has 2 N–H and O–H groups in total. The van der Waals surface area contributed by atoms with Gasteiger partial charge in [0.25, 0.3) is 0 Å². The van der Waals surface area contributed by atoms with E-state index < -0.39 is 12.3 Å². The van der Waals surface area contributed by atoms with Crippen LogP contribution in [0, 0.1) is 13.8 Å². The molecular weight excluding hydrogens is 264 g/mol. The highest BCUT2D eigenvalue weighted by Crippen LogP contribution is 2.38. The molecule has 0 aliphatic rings. The van der Waals surface area contributed by atoms with Crippen LogP contribution in [0.4, 0.5) is 9.59 Å². The van der Waals surface area contributed by atoms with E-state index in [1.165, 1.54) is 6.07 Å². The van der Waals surface area contributed by atoms with Crippen molar-refractivity contribution in [1.82, 2.24) is 0 Å². The van der Waals surface area contributed by atoms with Gasteiger partial charge in [0.15, 0.2) is 0 Å². The van der Waals surface area contributed by atoms with Crippen molar-refractivity contribution in [3.63, 3.8) is 0 Å². The molecule has 0 saturated carbocycles. The monoisotopic (exact) mass is 276 g/mol. The highest BCUT2D eigenvalue weighted by Gasteiger charge is 2.17. The molecule has 2 aromatic rings. The average molecular weight is 276 g/mol. The van der Waals surface area contributed by atoms with Gasteiger partial charge in [-0.25, -0.2) is 9.59 Å². The Morgan fingerprint density at radius 1 is 1.05 bits per heavy atom. The number of aryl methyl sites for hydroxylation is 1. The molecule has 104 valence electrons. The Labute approximate surface area is 114 Å². The molecule has 0 aromatic heterocycles. The highest BCUT2D eigenvalue weighted by molar-refractivity contribution is 5.97. The zero-order valence-corrected chi connectivity index (χ0v) is 10.8. The maximum absolute atomic E-state index is 10.8. The lowest BCUT2D eigenvalue weighted by molar-refractivity contribution is 0.144. The zero-order valence-electron chi connectivity index (χ0n) is 10.8. The van der Waals surface area contributed by atoms with Crippen LogP contribution in [0.25, 0.3) is 10.8 Å². The summed E-state index contributed by atoms with van der Waals surface area (Å²) in [5.41, 5.74) is 1.45. The number of carboxylic acid groups (broad SMARTS) is 2. The summed E-state index contributed by atoms with van der Waals surface area (Å²) in [6, 6.07) is 6.61. The Bertz CT molecular complexity index is 704. The molecule has 0 spiro atoms. The molecule has 0 atom stereocenters. The minimum absolute atomic E-state index is 0.0364. The van der Waals surface area contributed by atoms with Crippen molar-refractivity contribution in [3.05, 3.63) is 35.4 Å². The summed E-state index contributed by atoms with van der Waals surface area (Å²) >= 11 is 0. The van der Waals surface area contributed by atoms with Crippen molar-refractivity contribution >= 4 is 23.1 Å². The van der Waals surface area contributed by atoms with Gasteiger partial charge < -0.3 is 19.7 Å². The molecular formula is C14H12O6. The van der Waals surface area contributed by atoms with Crippen LogP contribution in [0.3, 0.4) is 0 Å². The fourth-order valence-electron chi connectivity index (χ4n) is 2.01. The minimum atomic E-state index is -1.47. The third-order valence-corrected chi connectivity index (χ3v) is 2.98. The Morgan fingerprint density at radius 2 is 1.70 bits per heavy atom. The van der Waals surface area contributed by atoms with Crippen molar-refractivity contribution in [2.45, 2.75) is 13.8 Å². The topological polar surface area (TPSA) is 93.1 Å². The summed E-state index contributed by atoms with van der Waals surface area (Å²) in [6.45, 7) is 3.51. The van der Waals surface area contributed by atoms with Crippen LogP contribution >= 0.6 is 0 Å². The van der Waals surface area contributed by atoms with E-state index in [1.807, 2.05) is 13.0 Å². The van der Waals surface area contributed by atoms with Gasteiger partial charge in [-0.3, -0.25) is 0 Å². The van der Waals surface area contributed by atoms with Gasteiger partial charge in [0.1, 0.15) is 11.5 Å². The second-order valence-electron chi connectivity index (χ2n) is 4.24. The smallest absolute Gasteiger partial charge is 0.449 e. The van der Waals surface area contributed by atoms with Crippen LogP contribution in [-0.2, 0) is 0 Å². The molecule has 0 aliphatic heterocycles. The summed E-state index contributed by atoms with van der Waals surface area (Å²) in [6.07, 6.45) is -2.94. The number of benzene rings is 2. The van der Waals surface area contributed by atoms with Gasteiger partial charge in [0.05, 0.1) is 5.39 Å². The van der Waals surface area contributed by atoms with E-state index in [4.69, 9.17) is 14.9 Å². The van der Waals surface area contributed by atoms with Crippen LogP contribution in [0.5, 0.6) is 11.5 Å². The lowest BCUT2D eigenvalue weighted by Gasteiger charge is -2.14. The molecule has 0 radical (unpaired) electrons. The van der Waals surface area contributed by atoms with Crippen molar-refractivity contribution in [2.75, 3.05) is 0 Å². The first-order chi connectivity index (χ1) is 9.40. The van der Waals surface area contributed by atoms with Gasteiger partial charge >= 0.3 is 12.3 Å². The van der Waals surface area contributed by atoms with Crippen molar-refractivity contribution in [3.8, 4) is 11.5 Å². The van der Waals surface area contributed by atoms with E-state index in [1.54, 1.807) is 19.1 Å². The van der Waals surface area contributed by atoms with Crippen molar-refractivity contribution < 1.29 is 29.3 Å². The Morgan fingerprint density at radius 3 is 2.30 bits per heavy atom. The summed E-state index contributed by atoms with van der Waals surface area (Å²) in [4.78, 5) is 21.5. The second kappa shape index (κ2) is 5.08. The number of rotatable bonds is 2. The van der Waals surface area contributed by atoms with Crippen molar-refractivity contribution in [1.29, 1.82) is 0 Å². The number of fused-ring (bicyclic) bond motifs is 1. The fourth-order valence-corrected chi connectivity index (χ4v) is 2.01. The minimum Gasteiger partial charge on any atom is -0.449 e. The van der Waals surface area contributed by atoms with Crippen molar-refractivity contribution in [2.24, 2.45) is 0 Å².